The molecular formula is C18H15ClFN3O3S2. The second-order valence-electron chi connectivity index (χ2n) is 5.67. The van der Waals surface area contributed by atoms with E-state index in [2.05, 4.69) is 15.8 Å². The number of nitrogens with zero attached hydrogens (tertiary/aromatic N) is 1. The van der Waals surface area contributed by atoms with E-state index in [1.54, 1.807) is 19.1 Å². The molecule has 3 aromatic rings. The number of rotatable bonds is 5. The molecule has 0 radical (unpaired) electrons. The quantitative estimate of drug-likeness (QED) is 0.584. The van der Waals surface area contributed by atoms with E-state index in [9.17, 15) is 14.0 Å². The Morgan fingerprint density at radius 3 is 2.61 bits per heavy atom. The van der Waals surface area contributed by atoms with Crippen LogP contribution in [0.4, 0.5) is 4.39 Å². The van der Waals surface area contributed by atoms with Gasteiger partial charge in [0.15, 0.2) is 17.7 Å². The monoisotopic (exact) mass is 439 g/mol. The highest BCUT2D eigenvalue weighted by atomic mass is 35.5. The third-order valence-corrected chi connectivity index (χ3v) is 6.15. The van der Waals surface area contributed by atoms with Crippen molar-refractivity contribution < 1.29 is 18.7 Å². The molecule has 0 saturated carbocycles. The maximum absolute atomic E-state index is 13.6. The first-order chi connectivity index (χ1) is 13.3. The van der Waals surface area contributed by atoms with Gasteiger partial charge < -0.3 is 4.74 Å². The molecule has 1 unspecified atom stereocenters. The molecule has 0 bridgehead atoms. The summed E-state index contributed by atoms with van der Waals surface area (Å²) in [6, 6.07) is 9.34. The number of para-hydroxylation sites is 1. The van der Waals surface area contributed by atoms with Crippen LogP contribution in [-0.4, -0.2) is 22.9 Å². The minimum atomic E-state index is -1.01. The molecule has 0 aliphatic rings. The van der Waals surface area contributed by atoms with Crippen molar-refractivity contribution in [1.82, 2.24) is 15.8 Å². The van der Waals surface area contributed by atoms with Crippen molar-refractivity contribution in [2.24, 2.45) is 0 Å². The minimum Gasteiger partial charge on any atom is -0.478 e. The molecule has 2 amide bonds. The van der Waals surface area contributed by atoms with Crippen molar-refractivity contribution in [2.75, 3.05) is 0 Å². The topological polar surface area (TPSA) is 80.3 Å². The number of halogens is 2. The Kier molecular flexibility index (Phi) is 6.28. The van der Waals surface area contributed by atoms with Crippen LogP contribution in [0.1, 0.15) is 22.3 Å². The highest BCUT2D eigenvalue weighted by Gasteiger charge is 2.20. The lowest BCUT2D eigenvalue weighted by atomic mass is 10.3. The molecule has 0 aliphatic heterocycles. The molecule has 0 spiro atoms. The number of aryl methyl sites for hydroxylation is 1. The molecule has 28 heavy (non-hydrogen) atoms. The first-order valence-electron chi connectivity index (χ1n) is 8.09. The summed E-state index contributed by atoms with van der Waals surface area (Å²) < 4.78 is 19.5. The largest absolute Gasteiger partial charge is 0.478 e. The van der Waals surface area contributed by atoms with E-state index in [4.69, 9.17) is 16.3 Å². The number of aromatic nitrogens is 1. The Bertz CT molecular complexity index is 1020. The van der Waals surface area contributed by atoms with E-state index in [1.807, 2.05) is 6.07 Å². The van der Waals surface area contributed by atoms with Crippen molar-refractivity contribution in [1.29, 1.82) is 0 Å². The summed E-state index contributed by atoms with van der Waals surface area (Å²) in [7, 11) is 0. The van der Waals surface area contributed by atoms with Gasteiger partial charge in [0.05, 0.1) is 14.9 Å². The smallest absolute Gasteiger partial charge is 0.281 e. The molecular weight excluding hydrogens is 425 g/mol. The van der Waals surface area contributed by atoms with Crippen molar-refractivity contribution in [3.63, 3.8) is 0 Å². The van der Waals surface area contributed by atoms with E-state index in [1.165, 1.54) is 47.8 Å². The number of ether oxygens (including phenoxy) is 1. The van der Waals surface area contributed by atoms with Gasteiger partial charge in [-0.2, -0.15) is 0 Å². The van der Waals surface area contributed by atoms with Crippen LogP contribution in [0.3, 0.4) is 0 Å². The first kappa shape index (κ1) is 20.2. The number of hydrogen-bond acceptors (Lipinski definition) is 6. The summed E-state index contributed by atoms with van der Waals surface area (Å²) in [6.45, 7) is 3.15. The minimum absolute atomic E-state index is 0.0472. The second-order valence-corrected chi connectivity index (χ2v) is 8.39. The third-order valence-electron chi connectivity index (χ3n) is 3.60. The number of carbonyl (C=O) groups is 2. The number of hydrazine groups is 1. The summed E-state index contributed by atoms with van der Waals surface area (Å²) in [4.78, 5) is 30.1. The Morgan fingerprint density at radius 2 is 1.93 bits per heavy atom. The van der Waals surface area contributed by atoms with Gasteiger partial charge in [-0.1, -0.05) is 23.7 Å². The van der Waals surface area contributed by atoms with Crippen molar-refractivity contribution in [3.05, 3.63) is 57.1 Å². The van der Waals surface area contributed by atoms with Gasteiger partial charge in [0, 0.05) is 0 Å². The SMILES string of the molecule is Cc1nc(-c2ccc(Cl)s2)sc1C(=O)NNC(=O)C(C)Oc1ccccc1F. The fourth-order valence-corrected chi connectivity index (χ4v) is 4.26. The highest BCUT2D eigenvalue weighted by molar-refractivity contribution is 7.24. The lowest BCUT2D eigenvalue weighted by molar-refractivity contribution is -0.128. The van der Waals surface area contributed by atoms with E-state index >= 15 is 0 Å². The lowest BCUT2D eigenvalue weighted by Crippen LogP contribution is -2.47. The van der Waals surface area contributed by atoms with Crippen molar-refractivity contribution in [3.8, 4) is 15.6 Å². The van der Waals surface area contributed by atoms with E-state index in [0.717, 1.165) is 4.88 Å². The van der Waals surface area contributed by atoms with E-state index < -0.39 is 23.7 Å². The van der Waals surface area contributed by atoms with Crippen molar-refractivity contribution >= 4 is 46.1 Å². The first-order valence-corrected chi connectivity index (χ1v) is 10.1. The zero-order valence-electron chi connectivity index (χ0n) is 14.8. The van der Waals surface area contributed by atoms with Crippen LogP contribution >= 0.6 is 34.3 Å². The molecule has 0 aliphatic carbocycles. The molecule has 2 N–H and O–H groups in total. The molecule has 2 heterocycles. The van der Waals surface area contributed by atoms with Gasteiger partial charge in [-0.3, -0.25) is 20.4 Å². The average Bonchev–Trinajstić information content (AvgIpc) is 3.27. The normalized spacial score (nSPS) is 11.7. The van der Waals surface area contributed by atoms with Crippen LogP contribution in [-0.2, 0) is 4.79 Å². The lowest BCUT2D eigenvalue weighted by Gasteiger charge is -2.15. The summed E-state index contributed by atoms with van der Waals surface area (Å²) >= 11 is 8.49. The molecule has 3 rings (SSSR count). The summed E-state index contributed by atoms with van der Waals surface area (Å²) in [5, 5.41) is 0.669. The molecule has 0 saturated heterocycles. The summed E-state index contributed by atoms with van der Waals surface area (Å²) in [5.41, 5.74) is 5.14. The van der Waals surface area contributed by atoms with E-state index in [-0.39, 0.29) is 5.75 Å². The van der Waals surface area contributed by atoms with Crippen molar-refractivity contribution in [2.45, 2.75) is 20.0 Å². The Balaban J connectivity index is 1.60. The number of nitrogens with one attached hydrogen (secondary N) is 2. The molecule has 146 valence electrons. The average molecular weight is 440 g/mol. The van der Waals surface area contributed by atoms with Gasteiger partial charge in [0.25, 0.3) is 11.8 Å². The van der Waals surface area contributed by atoms with Gasteiger partial charge in [0.1, 0.15) is 9.88 Å². The fourth-order valence-electron chi connectivity index (χ4n) is 2.20. The van der Waals surface area contributed by atoms with Crippen LogP contribution in [0.2, 0.25) is 4.34 Å². The molecule has 2 aromatic heterocycles. The van der Waals surface area contributed by atoms with Crippen LogP contribution in [0.25, 0.3) is 9.88 Å². The second kappa shape index (κ2) is 8.68. The van der Waals surface area contributed by atoms with Crippen LogP contribution in [0.15, 0.2) is 36.4 Å². The standard InChI is InChI=1S/C18H15ClFN3O3S2/c1-9-15(28-18(21-9)13-7-8-14(19)27-13)17(25)23-22-16(24)10(2)26-12-6-4-3-5-11(12)20/h3-8,10H,1-2H3,(H,22,24)(H,23,25). The van der Waals surface area contributed by atoms with Gasteiger partial charge in [-0.05, 0) is 38.1 Å². The molecule has 6 nitrogen and oxygen atoms in total. The maximum Gasteiger partial charge on any atom is 0.281 e. The maximum atomic E-state index is 13.6. The van der Waals surface area contributed by atoms with Gasteiger partial charge in [-0.15, -0.1) is 22.7 Å². The Hall–Kier alpha value is -2.49. The number of amides is 2. The Morgan fingerprint density at radius 1 is 1.18 bits per heavy atom. The number of benzene rings is 1. The molecule has 1 aromatic carbocycles. The number of hydrogen-bond donors (Lipinski definition) is 2. The van der Waals surface area contributed by atoms with Crippen LogP contribution < -0.4 is 15.6 Å². The van der Waals surface area contributed by atoms with Crippen LogP contribution in [0, 0.1) is 12.7 Å². The number of thiazole rings is 1. The summed E-state index contributed by atoms with van der Waals surface area (Å²) in [6.07, 6.45) is -1.01. The summed E-state index contributed by atoms with van der Waals surface area (Å²) in [5.74, 6) is -1.75. The third kappa shape index (κ3) is 4.67. The predicted octanol–water partition coefficient (Wildman–Crippen LogP) is 4.20. The molecule has 1 atom stereocenters. The zero-order chi connectivity index (χ0) is 20.3. The van der Waals surface area contributed by atoms with Crippen LogP contribution in [0.5, 0.6) is 5.75 Å². The fraction of sp³-hybridized carbons (Fsp3) is 0.167. The molecule has 0 fully saturated rings. The predicted molar refractivity (Wildman–Crippen MR) is 107 cm³/mol. The highest BCUT2D eigenvalue weighted by Crippen LogP contribution is 2.34. The Labute approximate surface area is 173 Å². The zero-order valence-corrected chi connectivity index (χ0v) is 17.2. The van der Waals surface area contributed by atoms with Gasteiger partial charge >= 0.3 is 0 Å². The van der Waals surface area contributed by atoms with Gasteiger partial charge in [0.2, 0.25) is 0 Å². The van der Waals surface area contributed by atoms with E-state index in [0.29, 0.717) is 19.9 Å². The van der Waals surface area contributed by atoms with Gasteiger partial charge in [-0.25, -0.2) is 9.37 Å². The molecule has 10 heteroatoms. The number of thiophene rings is 1. The number of carbonyl (C=O) groups excluding carboxylic acids is 2.